The van der Waals surface area contributed by atoms with E-state index in [1.54, 1.807) is 7.11 Å². The minimum atomic E-state index is 0.695. The van der Waals surface area contributed by atoms with Gasteiger partial charge in [0, 0.05) is 26.3 Å². The van der Waals surface area contributed by atoms with Gasteiger partial charge >= 0.3 is 0 Å². The van der Waals surface area contributed by atoms with Gasteiger partial charge in [0.1, 0.15) is 0 Å². The summed E-state index contributed by atoms with van der Waals surface area (Å²) >= 11 is 0. The second-order valence-electron chi connectivity index (χ2n) is 5.41. The summed E-state index contributed by atoms with van der Waals surface area (Å²) in [6.45, 7) is 11.5. The number of nitrogens with one attached hydrogen (secondary N) is 1. The quantitative estimate of drug-likeness (QED) is 0.600. The smallest absolute Gasteiger partial charge is 0.0700 e. The second kappa shape index (κ2) is 9.73. The van der Waals surface area contributed by atoms with Crippen molar-refractivity contribution in [1.29, 1.82) is 0 Å². The maximum atomic E-state index is 5.42. The Bertz CT molecular complexity index is 200. The molecule has 0 aromatic carbocycles. The van der Waals surface area contributed by atoms with Crippen LogP contribution in [-0.4, -0.2) is 64.1 Å². The van der Waals surface area contributed by atoms with E-state index >= 15 is 0 Å². The molecular formula is C14H30N2O2. The monoisotopic (exact) mass is 258 g/mol. The number of nitrogens with zero attached hydrogens (tertiary/aromatic N) is 1. The Morgan fingerprint density at radius 1 is 1.28 bits per heavy atom. The maximum absolute atomic E-state index is 5.42. The van der Waals surface area contributed by atoms with Crippen LogP contribution in [0.15, 0.2) is 0 Å². The molecule has 0 amide bonds. The first kappa shape index (κ1) is 15.9. The zero-order chi connectivity index (χ0) is 13.2. The summed E-state index contributed by atoms with van der Waals surface area (Å²) in [6, 6.07) is 0.698. The van der Waals surface area contributed by atoms with Crippen molar-refractivity contribution in [3.05, 3.63) is 0 Å². The van der Waals surface area contributed by atoms with Gasteiger partial charge in [0.2, 0.25) is 0 Å². The highest BCUT2D eigenvalue weighted by molar-refractivity contribution is 4.78. The first-order valence-corrected chi connectivity index (χ1v) is 7.25. The minimum absolute atomic E-state index is 0.695. The highest BCUT2D eigenvalue weighted by Gasteiger charge is 2.23. The lowest BCUT2D eigenvalue weighted by Gasteiger charge is -2.20. The standard InChI is InChI=1S/C14H30N2O2/c1-13(2)16-7-5-14(12-16)11-15-6-4-8-18-10-9-17-3/h13-15H,4-12H2,1-3H3. The van der Waals surface area contributed by atoms with Crippen LogP contribution in [0, 0.1) is 5.92 Å². The van der Waals surface area contributed by atoms with E-state index in [1.807, 2.05) is 0 Å². The van der Waals surface area contributed by atoms with Gasteiger partial charge in [-0.25, -0.2) is 0 Å². The molecule has 108 valence electrons. The molecule has 18 heavy (non-hydrogen) atoms. The fourth-order valence-corrected chi connectivity index (χ4v) is 2.35. The molecule has 1 saturated heterocycles. The lowest BCUT2D eigenvalue weighted by molar-refractivity contribution is 0.0694. The van der Waals surface area contributed by atoms with Crippen LogP contribution in [-0.2, 0) is 9.47 Å². The summed E-state index contributed by atoms with van der Waals surface area (Å²) in [7, 11) is 1.70. The second-order valence-corrected chi connectivity index (χ2v) is 5.41. The van der Waals surface area contributed by atoms with Crippen molar-refractivity contribution < 1.29 is 9.47 Å². The third-order valence-electron chi connectivity index (χ3n) is 3.55. The van der Waals surface area contributed by atoms with Crippen LogP contribution in [0.5, 0.6) is 0 Å². The molecule has 0 saturated carbocycles. The molecule has 1 aliphatic heterocycles. The van der Waals surface area contributed by atoms with Crippen LogP contribution in [0.2, 0.25) is 0 Å². The lowest BCUT2D eigenvalue weighted by atomic mass is 10.1. The molecule has 1 heterocycles. The molecule has 1 N–H and O–H groups in total. The molecule has 4 heteroatoms. The average Bonchev–Trinajstić information content (AvgIpc) is 2.81. The lowest BCUT2D eigenvalue weighted by Crippen LogP contribution is -2.31. The third kappa shape index (κ3) is 6.69. The maximum Gasteiger partial charge on any atom is 0.0700 e. The Balaban J connectivity index is 1.87. The van der Waals surface area contributed by atoms with Gasteiger partial charge in [0.25, 0.3) is 0 Å². The topological polar surface area (TPSA) is 33.7 Å². The molecule has 1 atom stereocenters. The van der Waals surface area contributed by atoms with Gasteiger partial charge in [-0.3, -0.25) is 0 Å². The Morgan fingerprint density at radius 2 is 2.11 bits per heavy atom. The molecule has 0 radical (unpaired) electrons. The summed E-state index contributed by atoms with van der Waals surface area (Å²) in [5.74, 6) is 0.835. The fourth-order valence-electron chi connectivity index (χ4n) is 2.35. The van der Waals surface area contributed by atoms with Crippen LogP contribution in [0.3, 0.4) is 0 Å². The number of rotatable bonds is 10. The molecule has 0 aromatic rings. The van der Waals surface area contributed by atoms with Crippen LogP contribution < -0.4 is 5.32 Å². The summed E-state index contributed by atoms with van der Waals surface area (Å²) < 4.78 is 10.3. The molecule has 0 aromatic heterocycles. The Kier molecular flexibility index (Phi) is 8.59. The molecule has 0 aliphatic carbocycles. The van der Waals surface area contributed by atoms with Crippen molar-refractivity contribution in [3.63, 3.8) is 0 Å². The van der Waals surface area contributed by atoms with Crippen molar-refractivity contribution in [1.82, 2.24) is 10.2 Å². The van der Waals surface area contributed by atoms with Crippen LogP contribution >= 0.6 is 0 Å². The van der Waals surface area contributed by atoms with Gasteiger partial charge in [-0.05, 0) is 52.2 Å². The van der Waals surface area contributed by atoms with E-state index in [0.29, 0.717) is 19.3 Å². The summed E-state index contributed by atoms with van der Waals surface area (Å²) in [6.07, 6.45) is 2.43. The summed E-state index contributed by atoms with van der Waals surface area (Å²) in [5, 5.41) is 3.54. The Morgan fingerprint density at radius 3 is 2.78 bits per heavy atom. The van der Waals surface area contributed by atoms with E-state index in [1.165, 1.54) is 19.5 Å². The fraction of sp³-hybridized carbons (Fsp3) is 1.00. The highest BCUT2D eigenvalue weighted by atomic mass is 16.5. The van der Waals surface area contributed by atoms with Crippen molar-refractivity contribution in [2.45, 2.75) is 32.7 Å². The zero-order valence-electron chi connectivity index (χ0n) is 12.3. The molecule has 1 fully saturated rings. The molecule has 0 spiro atoms. The van der Waals surface area contributed by atoms with Gasteiger partial charge in [0.15, 0.2) is 0 Å². The van der Waals surface area contributed by atoms with Crippen LogP contribution in [0.4, 0.5) is 0 Å². The van der Waals surface area contributed by atoms with E-state index in [-0.39, 0.29) is 0 Å². The zero-order valence-corrected chi connectivity index (χ0v) is 12.3. The third-order valence-corrected chi connectivity index (χ3v) is 3.55. The van der Waals surface area contributed by atoms with Crippen molar-refractivity contribution >= 4 is 0 Å². The van der Waals surface area contributed by atoms with E-state index in [9.17, 15) is 0 Å². The average molecular weight is 258 g/mol. The normalized spacial score (nSPS) is 21.0. The molecular weight excluding hydrogens is 228 g/mol. The molecule has 1 aliphatic rings. The van der Waals surface area contributed by atoms with Crippen molar-refractivity contribution in [2.75, 3.05) is 53.1 Å². The number of methoxy groups -OCH3 is 1. The number of likely N-dealkylation sites (tertiary alicyclic amines) is 1. The molecule has 4 nitrogen and oxygen atoms in total. The van der Waals surface area contributed by atoms with Gasteiger partial charge in [-0.2, -0.15) is 0 Å². The van der Waals surface area contributed by atoms with Crippen molar-refractivity contribution in [3.8, 4) is 0 Å². The molecule has 1 rings (SSSR count). The van der Waals surface area contributed by atoms with Gasteiger partial charge in [0.05, 0.1) is 13.2 Å². The first-order chi connectivity index (χ1) is 8.74. The van der Waals surface area contributed by atoms with Crippen molar-refractivity contribution in [2.24, 2.45) is 5.92 Å². The van der Waals surface area contributed by atoms with Gasteiger partial charge in [-0.1, -0.05) is 0 Å². The largest absolute Gasteiger partial charge is 0.382 e. The Hall–Kier alpha value is -0.160. The van der Waals surface area contributed by atoms with E-state index in [4.69, 9.17) is 9.47 Å². The molecule has 1 unspecified atom stereocenters. The summed E-state index contributed by atoms with van der Waals surface area (Å²) in [4.78, 5) is 2.57. The van der Waals surface area contributed by atoms with E-state index in [0.717, 1.165) is 32.0 Å². The predicted molar refractivity (Wildman–Crippen MR) is 75.0 cm³/mol. The van der Waals surface area contributed by atoms with Crippen LogP contribution in [0.25, 0.3) is 0 Å². The SMILES string of the molecule is COCCOCCCNCC1CCN(C(C)C)C1. The number of ether oxygens (including phenoxy) is 2. The molecule has 0 bridgehead atoms. The van der Waals surface area contributed by atoms with Gasteiger partial charge < -0.3 is 19.7 Å². The number of hydrogen-bond acceptors (Lipinski definition) is 4. The minimum Gasteiger partial charge on any atom is -0.382 e. The first-order valence-electron chi connectivity index (χ1n) is 7.25. The Labute approximate surface area is 112 Å². The number of hydrogen-bond donors (Lipinski definition) is 1. The van der Waals surface area contributed by atoms with Crippen LogP contribution in [0.1, 0.15) is 26.7 Å². The highest BCUT2D eigenvalue weighted by Crippen LogP contribution is 2.17. The predicted octanol–water partition coefficient (Wildman–Crippen LogP) is 1.36. The van der Waals surface area contributed by atoms with Gasteiger partial charge in [-0.15, -0.1) is 0 Å². The van der Waals surface area contributed by atoms with E-state index < -0.39 is 0 Å². The van der Waals surface area contributed by atoms with E-state index in [2.05, 4.69) is 24.1 Å². The summed E-state index contributed by atoms with van der Waals surface area (Å²) in [5.41, 5.74) is 0.